The van der Waals surface area contributed by atoms with Gasteiger partial charge in [-0.25, -0.2) is 0 Å². The highest BCUT2D eigenvalue weighted by Crippen LogP contribution is 2.61. The van der Waals surface area contributed by atoms with Gasteiger partial charge in [-0.3, -0.25) is 20.4 Å². The molecule has 2 amide bonds. The van der Waals surface area contributed by atoms with Crippen LogP contribution in [0.1, 0.15) is 72.0 Å². The summed E-state index contributed by atoms with van der Waals surface area (Å²) in [4.78, 5) is 26.6. The van der Waals surface area contributed by atoms with E-state index in [9.17, 15) is 9.59 Å². The van der Waals surface area contributed by atoms with Gasteiger partial charge in [0, 0.05) is 11.3 Å². The first-order chi connectivity index (χ1) is 12.0. The highest BCUT2D eigenvalue weighted by Gasteiger charge is 2.51. The molecule has 136 valence electrons. The number of hydrogen-bond acceptors (Lipinski definition) is 3. The van der Waals surface area contributed by atoms with Crippen molar-refractivity contribution in [2.24, 2.45) is 23.2 Å². The molecule has 4 aliphatic carbocycles. The highest BCUT2D eigenvalue weighted by atomic mass is 32.1. The first-order valence-electron chi connectivity index (χ1n) is 9.65. The van der Waals surface area contributed by atoms with Crippen LogP contribution in [0.25, 0.3) is 0 Å². The van der Waals surface area contributed by atoms with Gasteiger partial charge in [0.15, 0.2) is 0 Å². The van der Waals surface area contributed by atoms with E-state index >= 15 is 0 Å². The van der Waals surface area contributed by atoms with E-state index in [4.69, 9.17) is 0 Å². The molecule has 0 aromatic carbocycles. The standard InChI is InChI=1S/C20H28N2O2S/c1-3-16-12(2)4-17(25-16)19(24)22-21-18(23)11-20-8-13-5-14(9-20)7-15(6-13)10-20/h4,13-15H,3,5-11H2,1-2H3,(H,21,23)(H,22,24). The van der Waals surface area contributed by atoms with Crippen molar-refractivity contribution in [1.29, 1.82) is 0 Å². The second-order valence-corrected chi connectivity index (χ2v) is 9.80. The van der Waals surface area contributed by atoms with Gasteiger partial charge in [-0.2, -0.15) is 0 Å². The van der Waals surface area contributed by atoms with Crippen molar-refractivity contribution >= 4 is 23.2 Å². The molecule has 5 rings (SSSR count). The molecule has 1 heterocycles. The molecule has 4 nitrogen and oxygen atoms in total. The molecule has 0 unspecified atom stereocenters. The molecule has 0 radical (unpaired) electrons. The van der Waals surface area contributed by atoms with Crippen LogP contribution in [0.15, 0.2) is 6.07 Å². The fraction of sp³-hybridized carbons (Fsp3) is 0.700. The maximum absolute atomic E-state index is 12.5. The van der Waals surface area contributed by atoms with Crippen LogP contribution in [0.4, 0.5) is 0 Å². The van der Waals surface area contributed by atoms with Crippen LogP contribution < -0.4 is 10.9 Å². The van der Waals surface area contributed by atoms with Crippen molar-refractivity contribution in [2.75, 3.05) is 0 Å². The Morgan fingerprint density at radius 2 is 1.72 bits per heavy atom. The number of nitrogens with one attached hydrogen (secondary N) is 2. The highest BCUT2D eigenvalue weighted by molar-refractivity contribution is 7.14. The van der Waals surface area contributed by atoms with Crippen LogP contribution in [0.3, 0.4) is 0 Å². The van der Waals surface area contributed by atoms with Crippen molar-refractivity contribution < 1.29 is 9.59 Å². The molecular formula is C20H28N2O2S. The van der Waals surface area contributed by atoms with E-state index < -0.39 is 0 Å². The zero-order chi connectivity index (χ0) is 17.6. The lowest BCUT2D eigenvalue weighted by molar-refractivity contribution is -0.130. The Labute approximate surface area is 153 Å². The lowest BCUT2D eigenvalue weighted by Gasteiger charge is -2.56. The molecule has 1 aromatic heterocycles. The third-order valence-electron chi connectivity index (χ3n) is 6.58. The zero-order valence-corrected chi connectivity index (χ0v) is 16.0. The summed E-state index contributed by atoms with van der Waals surface area (Å²) in [5.41, 5.74) is 6.65. The summed E-state index contributed by atoms with van der Waals surface area (Å²) >= 11 is 1.51. The lowest BCUT2D eigenvalue weighted by Crippen LogP contribution is -2.50. The molecule has 4 fully saturated rings. The molecule has 0 atom stereocenters. The van der Waals surface area contributed by atoms with Crippen molar-refractivity contribution in [2.45, 2.75) is 65.2 Å². The summed E-state index contributed by atoms with van der Waals surface area (Å²) in [7, 11) is 0. The van der Waals surface area contributed by atoms with Crippen molar-refractivity contribution in [3.05, 3.63) is 21.4 Å². The quantitative estimate of drug-likeness (QED) is 0.798. The lowest BCUT2D eigenvalue weighted by atomic mass is 9.49. The van der Waals surface area contributed by atoms with Crippen LogP contribution in [-0.4, -0.2) is 11.8 Å². The van der Waals surface area contributed by atoms with Gasteiger partial charge in [-0.1, -0.05) is 6.92 Å². The predicted octanol–water partition coefficient (Wildman–Crippen LogP) is 3.99. The molecule has 1 aromatic rings. The molecule has 4 saturated carbocycles. The largest absolute Gasteiger partial charge is 0.279 e. The Hall–Kier alpha value is -1.36. The van der Waals surface area contributed by atoms with E-state index in [-0.39, 0.29) is 17.2 Å². The fourth-order valence-electron chi connectivity index (χ4n) is 6.06. The van der Waals surface area contributed by atoms with Gasteiger partial charge < -0.3 is 0 Å². The molecule has 0 spiro atoms. The van der Waals surface area contributed by atoms with Crippen molar-refractivity contribution in [3.8, 4) is 0 Å². The predicted molar refractivity (Wildman–Crippen MR) is 99.3 cm³/mol. The maximum Gasteiger partial charge on any atom is 0.279 e. The van der Waals surface area contributed by atoms with Gasteiger partial charge in [0.2, 0.25) is 5.91 Å². The van der Waals surface area contributed by atoms with E-state index in [2.05, 4.69) is 17.8 Å². The second kappa shape index (κ2) is 6.42. The molecular weight excluding hydrogens is 332 g/mol. The van der Waals surface area contributed by atoms with Gasteiger partial charge in [0.1, 0.15) is 0 Å². The maximum atomic E-state index is 12.5. The average Bonchev–Trinajstić information content (AvgIpc) is 2.92. The van der Waals surface area contributed by atoms with Crippen LogP contribution in [-0.2, 0) is 11.2 Å². The van der Waals surface area contributed by atoms with E-state index in [1.54, 1.807) is 0 Å². The first kappa shape index (κ1) is 17.1. The number of aryl methyl sites for hydroxylation is 2. The fourth-order valence-corrected chi connectivity index (χ4v) is 7.07. The summed E-state index contributed by atoms with van der Waals surface area (Å²) in [6.07, 6.45) is 9.29. The first-order valence-corrected chi connectivity index (χ1v) is 10.5. The summed E-state index contributed by atoms with van der Waals surface area (Å²) in [5, 5.41) is 0. The number of rotatable bonds is 4. The SMILES string of the molecule is CCc1sc(C(=O)NNC(=O)CC23CC4CC(CC(C4)C2)C3)cc1C. The smallest absolute Gasteiger partial charge is 0.273 e. The number of amides is 2. The minimum absolute atomic E-state index is 0.0284. The van der Waals surface area contributed by atoms with Crippen LogP contribution in [0.5, 0.6) is 0 Å². The minimum atomic E-state index is -0.202. The number of hydrogen-bond donors (Lipinski definition) is 2. The minimum Gasteiger partial charge on any atom is -0.273 e. The van der Waals surface area contributed by atoms with Gasteiger partial charge in [-0.05, 0) is 86.7 Å². The van der Waals surface area contributed by atoms with Crippen LogP contribution in [0, 0.1) is 30.1 Å². The van der Waals surface area contributed by atoms with E-state index in [1.165, 1.54) is 54.7 Å². The second-order valence-electron chi connectivity index (χ2n) is 8.67. The Bertz CT molecular complexity index is 659. The molecule has 4 aliphatic rings. The van der Waals surface area contributed by atoms with E-state index in [0.717, 1.165) is 29.7 Å². The van der Waals surface area contributed by atoms with Gasteiger partial charge >= 0.3 is 0 Å². The monoisotopic (exact) mass is 360 g/mol. The summed E-state index contributed by atoms with van der Waals surface area (Å²) in [6.45, 7) is 4.12. The molecule has 5 heteroatoms. The molecule has 25 heavy (non-hydrogen) atoms. The number of hydrazine groups is 1. The van der Waals surface area contributed by atoms with Crippen molar-refractivity contribution in [3.63, 3.8) is 0 Å². The summed E-state index contributed by atoms with van der Waals surface area (Å²) < 4.78 is 0. The number of thiophene rings is 1. The van der Waals surface area contributed by atoms with E-state index in [1.807, 2.05) is 13.0 Å². The normalized spacial score (nSPS) is 32.6. The third kappa shape index (κ3) is 3.35. The number of carbonyl (C=O) groups excluding carboxylic acids is 2. The van der Waals surface area contributed by atoms with Crippen LogP contribution >= 0.6 is 11.3 Å². The Balaban J connectivity index is 1.32. The molecule has 4 bridgehead atoms. The third-order valence-corrected chi connectivity index (χ3v) is 7.96. The average molecular weight is 361 g/mol. The molecule has 2 N–H and O–H groups in total. The van der Waals surface area contributed by atoms with Crippen LogP contribution in [0.2, 0.25) is 0 Å². The molecule has 0 saturated heterocycles. The van der Waals surface area contributed by atoms with E-state index in [0.29, 0.717) is 11.3 Å². The summed E-state index contributed by atoms with van der Waals surface area (Å²) in [6, 6.07) is 1.91. The topological polar surface area (TPSA) is 58.2 Å². The van der Waals surface area contributed by atoms with Gasteiger partial charge in [0.25, 0.3) is 5.91 Å². The summed E-state index contributed by atoms with van der Waals surface area (Å²) in [5.74, 6) is 2.30. The molecule has 0 aliphatic heterocycles. The Morgan fingerprint density at radius 3 is 2.24 bits per heavy atom. The van der Waals surface area contributed by atoms with Gasteiger partial charge in [-0.15, -0.1) is 11.3 Å². The number of carbonyl (C=O) groups is 2. The van der Waals surface area contributed by atoms with Gasteiger partial charge in [0.05, 0.1) is 4.88 Å². The Kier molecular flexibility index (Phi) is 4.38. The Morgan fingerprint density at radius 1 is 1.12 bits per heavy atom. The zero-order valence-electron chi connectivity index (χ0n) is 15.2. The van der Waals surface area contributed by atoms with Crippen molar-refractivity contribution in [1.82, 2.24) is 10.9 Å².